The van der Waals surface area contributed by atoms with E-state index in [9.17, 15) is 0 Å². The molecule has 0 aliphatic rings. The third-order valence-electron chi connectivity index (χ3n) is 2.27. The molecule has 3 aromatic heterocycles. The Morgan fingerprint density at radius 3 is 1.23 bits per heavy atom. The Morgan fingerprint density at radius 2 is 1.05 bits per heavy atom. The van der Waals surface area contributed by atoms with Gasteiger partial charge in [0.05, 0.1) is 18.6 Å². The molecule has 0 amide bonds. The van der Waals surface area contributed by atoms with Gasteiger partial charge in [-0.05, 0) is 18.6 Å². The molecule has 0 radical (unpaired) electrons. The van der Waals surface area contributed by atoms with Crippen molar-refractivity contribution in [2.24, 2.45) is 0 Å². The number of aromatic nitrogens is 6. The summed E-state index contributed by atoms with van der Waals surface area (Å²) in [7, 11) is 9.59. The van der Waals surface area contributed by atoms with Crippen LogP contribution in [0.5, 0.6) is 0 Å². The summed E-state index contributed by atoms with van der Waals surface area (Å²) in [5.74, 6) is 0. The second-order valence-electron chi connectivity index (χ2n) is 3.66. The van der Waals surface area contributed by atoms with Gasteiger partial charge in [0.2, 0.25) is 0 Å². The van der Waals surface area contributed by atoms with Crippen LogP contribution in [0.1, 0.15) is 0 Å². The van der Waals surface area contributed by atoms with E-state index in [1.165, 1.54) is 0 Å². The van der Waals surface area contributed by atoms with Gasteiger partial charge in [-0.2, -0.15) is 15.3 Å². The molecule has 0 aromatic carbocycles. The zero-order valence-corrected chi connectivity index (χ0v) is 17.9. The van der Waals surface area contributed by atoms with Crippen molar-refractivity contribution in [2.45, 2.75) is 0 Å². The van der Waals surface area contributed by atoms with Crippen molar-refractivity contribution >= 4 is 68.0 Å². The summed E-state index contributed by atoms with van der Waals surface area (Å²) >= 11 is 10.2. The van der Waals surface area contributed by atoms with Crippen LogP contribution in [0.15, 0.2) is 50.6 Å². The molecule has 119 valence electrons. The minimum absolute atomic E-state index is 0.00694. The van der Waals surface area contributed by atoms with Gasteiger partial charge in [0.1, 0.15) is 0 Å². The topological polar surface area (TPSA) is 53.5 Å². The minimum atomic E-state index is 0.00694. The van der Waals surface area contributed by atoms with Gasteiger partial charge < -0.3 is 0 Å². The summed E-state index contributed by atoms with van der Waals surface area (Å²) in [5, 5.41) is 12.8. The molecular weight excluding hydrogens is 570 g/mol. The monoisotopic (exact) mass is 572 g/mol. The fourth-order valence-corrected chi connectivity index (χ4v) is 2.40. The Labute approximate surface area is 166 Å². The van der Waals surface area contributed by atoms with Gasteiger partial charge in [0.15, 0.2) is 6.29 Å². The van der Waals surface area contributed by atoms with Gasteiger partial charge in [0, 0.05) is 13.4 Å². The van der Waals surface area contributed by atoms with Gasteiger partial charge >= 0.3 is 33.3 Å². The maximum atomic E-state index is 4.80. The first-order valence-corrected chi connectivity index (χ1v) is 11.0. The molecule has 0 aliphatic carbocycles. The molecule has 0 aliphatic heterocycles. The SMILES string of the molecule is Brc1cnn([C-](n2cc(Br)cn2)n2cc(Br)cn2)c1.[Cl][Mn][Cl]. The van der Waals surface area contributed by atoms with Gasteiger partial charge in [-0.25, -0.2) is 0 Å². The number of hydrogen-bond donors (Lipinski definition) is 0. The number of rotatable bonds is 3. The van der Waals surface area contributed by atoms with Crippen molar-refractivity contribution in [1.29, 1.82) is 0 Å². The van der Waals surface area contributed by atoms with Crippen molar-refractivity contribution in [3.63, 3.8) is 0 Å². The Morgan fingerprint density at radius 1 is 0.773 bits per heavy atom. The van der Waals surface area contributed by atoms with Crippen LogP contribution < -0.4 is 0 Å². The second kappa shape index (κ2) is 8.77. The van der Waals surface area contributed by atoms with Crippen molar-refractivity contribution in [3.8, 4) is 0 Å². The number of halogens is 5. The average Bonchev–Trinajstić information content (AvgIpc) is 3.16. The maximum absolute atomic E-state index is 4.80. The number of nitrogens with zero attached hydrogens (tertiary/aromatic N) is 6. The number of hydrogen-bond acceptors (Lipinski definition) is 3. The molecule has 6 nitrogen and oxygen atoms in total. The summed E-state index contributed by atoms with van der Waals surface area (Å²) in [6.07, 6.45) is 11.3. The molecule has 3 aromatic rings. The third-order valence-corrected chi connectivity index (χ3v) is 3.50. The molecule has 12 heteroatoms. The van der Waals surface area contributed by atoms with E-state index in [2.05, 4.69) is 63.1 Å². The normalized spacial score (nSPS) is 10.2. The summed E-state index contributed by atoms with van der Waals surface area (Å²) < 4.78 is 7.68. The molecule has 3 rings (SSSR count). The summed E-state index contributed by atoms with van der Waals surface area (Å²) in [6, 6.07) is 0. The first-order chi connectivity index (χ1) is 10.5. The summed E-state index contributed by atoms with van der Waals surface area (Å²) in [6.45, 7) is 0. The molecule has 0 atom stereocenters. The van der Waals surface area contributed by atoms with Crippen LogP contribution in [0.25, 0.3) is 0 Å². The zero-order chi connectivity index (χ0) is 16.1. The standard InChI is InChI=1S/C10H6Br3N6.2ClH.Mn/c11-7-1-14-17(4-7)10(18-5-8(12)2-15-18)19-6-9(13)3-16-19;;;/h1-6H;2*1H;/q-1;;;+2/p-2. The Bertz CT molecular complexity index is 634. The molecule has 0 unspecified atom stereocenters. The van der Waals surface area contributed by atoms with E-state index in [4.69, 9.17) is 20.2 Å². The van der Waals surface area contributed by atoms with Crippen LogP contribution >= 0.6 is 68.0 Å². The predicted octanol–water partition coefficient (Wildman–Crippen LogP) is 4.33. The van der Waals surface area contributed by atoms with Crippen LogP contribution in [0.2, 0.25) is 0 Å². The fraction of sp³-hybridized carbons (Fsp3) is 0. The molecule has 3 heterocycles. The van der Waals surface area contributed by atoms with Crippen LogP contribution in [-0.4, -0.2) is 29.3 Å². The van der Waals surface area contributed by atoms with E-state index in [1.54, 1.807) is 32.6 Å². The summed E-state index contributed by atoms with van der Waals surface area (Å²) in [4.78, 5) is 0. The molecule has 0 spiro atoms. The van der Waals surface area contributed by atoms with Gasteiger partial charge in [-0.3, -0.25) is 14.0 Å². The van der Waals surface area contributed by atoms with Gasteiger partial charge in [-0.15, -0.1) is 0 Å². The van der Waals surface area contributed by atoms with Crippen LogP contribution in [0, 0.1) is 6.29 Å². The van der Waals surface area contributed by atoms with E-state index in [-0.39, 0.29) is 13.1 Å². The molecular formula is C10H6Br3Cl2MnN6-. The molecule has 22 heavy (non-hydrogen) atoms. The van der Waals surface area contributed by atoms with Crippen molar-refractivity contribution in [1.82, 2.24) is 29.3 Å². The first kappa shape index (κ1) is 18.4. The second-order valence-corrected chi connectivity index (χ2v) is 8.36. The molecule has 0 N–H and O–H groups in total. The average molecular weight is 576 g/mol. The quantitative estimate of drug-likeness (QED) is 0.345. The van der Waals surface area contributed by atoms with Crippen molar-refractivity contribution < 1.29 is 13.1 Å². The molecule has 0 bridgehead atoms. The summed E-state index contributed by atoms with van der Waals surface area (Å²) in [5.41, 5.74) is 0. The van der Waals surface area contributed by atoms with E-state index in [0.29, 0.717) is 6.29 Å². The van der Waals surface area contributed by atoms with Gasteiger partial charge in [-0.1, -0.05) is 47.8 Å². The van der Waals surface area contributed by atoms with Crippen molar-refractivity contribution in [3.05, 3.63) is 56.9 Å². The van der Waals surface area contributed by atoms with E-state index in [0.717, 1.165) is 13.4 Å². The zero-order valence-electron chi connectivity index (χ0n) is 10.4. The van der Waals surface area contributed by atoms with Crippen LogP contribution in [0.3, 0.4) is 0 Å². The molecule has 0 saturated heterocycles. The molecule has 0 fully saturated rings. The fourth-order valence-electron chi connectivity index (χ4n) is 1.55. The van der Waals surface area contributed by atoms with Gasteiger partial charge in [0.25, 0.3) is 0 Å². The van der Waals surface area contributed by atoms with E-state index >= 15 is 0 Å². The Hall–Kier alpha value is 0.0395. The Kier molecular flexibility index (Phi) is 7.33. The van der Waals surface area contributed by atoms with Crippen LogP contribution in [-0.2, 0) is 13.1 Å². The van der Waals surface area contributed by atoms with Crippen LogP contribution in [0.4, 0.5) is 0 Å². The van der Waals surface area contributed by atoms with E-state index in [1.807, 2.05) is 18.6 Å². The first-order valence-electron chi connectivity index (χ1n) is 5.40. The predicted molar refractivity (Wildman–Crippen MR) is 90.9 cm³/mol. The molecule has 0 saturated carbocycles. The van der Waals surface area contributed by atoms with Crippen molar-refractivity contribution in [2.75, 3.05) is 0 Å². The third kappa shape index (κ3) is 4.77. The van der Waals surface area contributed by atoms with E-state index < -0.39 is 0 Å². The Balaban J connectivity index is 0.000000545.